The fourth-order valence-corrected chi connectivity index (χ4v) is 8.77. The van der Waals surface area contributed by atoms with E-state index in [9.17, 15) is 4.79 Å². The van der Waals surface area contributed by atoms with Gasteiger partial charge in [0, 0.05) is 60.0 Å². The molecule has 6 heterocycles. The first-order valence-corrected chi connectivity index (χ1v) is 20.8. The molecule has 2 aliphatic heterocycles. The van der Waals surface area contributed by atoms with Crippen LogP contribution < -0.4 is 16.0 Å². The van der Waals surface area contributed by atoms with Gasteiger partial charge in [-0.15, -0.1) is 0 Å². The number of carbonyl (C=O) groups excluding carboxylic acids is 1. The number of carbonyl (C=O) groups is 1. The van der Waals surface area contributed by atoms with Crippen LogP contribution in [0.4, 0.5) is 23.0 Å². The Kier molecular flexibility index (Phi) is 12.3. The van der Waals surface area contributed by atoms with Gasteiger partial charge in [0.15, 0.2) is 0 Å². The molecule has 3 N–H and O–H groups in total. The van der Waals surface area contributed by atoms with Crippen LogP contribution in [-0.2, 0) is 31.0 Å². The van der Waals surface area contributed by atoms with Crippen LogP contribution in [0.25, 0.3) is 21.8 Å². The van der Waals surface area contributed by atoms with E-state index in [4.69, 9.17) is 0 Å². The molecular formula is C46H54N10O. The van der Waals surface area contributed by atoms with Gasteiger partial charge < -0.3 is 16.0 Å². The van der Waals surface area contributed by atoms with E-state index in [1.165, 1.54) is 56.9 Å². The average Bonchev–Trinajstić information content (AvgIpc) is 3.94. The highest BCUT2D eigenvalue weighted by Crippen LogP contribution is 2.35. The Morgan fingerprint density at radius 3 is 1.82 bits per heavy atom. The van der Waals surface area contributed by atoms with Crippen LogP contribution in [0.5, 0.6) is 0 Å². The van der Waals surface area contributed by atoms with Crippen LogP contribution in [0.1, 0.15) is 101 Å². The topological polar surface area (TPSA) is 134 Å². The summed E-state index contributed by atoms with van der Waals surface area (Å²) in [5.41, 5.74) is 8.51. The highest BCUT2D eigenvalue weighted by Gasteiger charge is 2.32. The Labute approximate surface area is 335 Å². The van der Waals surface area contributed by atoms with Crippen LogP contribution in [-0.4, -0.2) is 46.6 Å². The summed E-state index contributed by atoms with van der Waals surface area (Å²) < 4.78 is 0. The van der Waals surface area contributed by atoms with Crippen molar-refractivity contribution in [2.24, 2.45) is 11.8 Å². The van der Waals surface area contributed by atoms with E-state index in [0.717, 1.165) is 107 Å². The lowest BCUT2D eigenvalue weighted by Crippen LogP contribution is -2.35. The molecule has 1 unspecified atom stereocenters. The molecule has 2 saturated carbocycles. The minimum Gasteiger partial charge on any atom is -0.339 e. The van der Waals surface area contributed by atoms with Gasteiger partial charge in [0.1, 0.15) is 30.1 Å². The van der Waals surface area contributed by atoms with Crippen molar-refractivity contribution in [2.75, 3.05) is 10.6 Å². The predicted molar refractivity (Wildman–Crippen MR) is 227 cm³/mol. The first-order chi connectivity index (χ1) is 28.0. The highest BCUT2D eigenvalue weighted by atomic mass is 16.1. The Balaban J connectivity index is 0.000000136. The van der Waals surface area contributed by atoms with Gasteiger partial charge in [0.05, 0.1) is 46.2 Å². The standard InChI is InChI=1S/C23H27N5.C15H13N5.C8H14O/c1-16(17-7-3-2-4-8-17)28-13-20-22(14-28)25-15-26-23(20)27-19-11-18-9-5-6-10-21(18)24-12-19;1-2-4-13-10(3-1)5-11(6-17-13)20-15-12-7-16-8-14(12)18-9-19-15;1-7(9)8-5-3-2-4-6-8/h5-6,9-12,15-17H,2-4,7-8,13-14H2,1H3,(H,25,26,27);1-6,9,16H,7-8H2,(H,18,19,20);8H,2-6H2,1H3. The molecule has 10 rings (SSSR count). The van der Waals surface area contributed by atoms with Gasteiger partial charge in [-0.1, -0.05) is 74.9 Å². The van der Waals surface area contributed by atoms with Crippen molar-refractivity contribution >= 4 is 50.6 Å². The Hall–Kier alpha value is -5.39. The van der Waals surface area contributed by atoms with Crippen molar-refractivity contribution in [1.29, 1.82) is 0 Å². The van der Waals surface area contributed by atoms with E-state index in [1.807, 2.05) is 48.8 Å². The molecule has 2 fully saturated rings. The van der Waals surface area contributed by atoms with Crippen LogP contribution in [0.2, 0.25) is 0 Å². The number of nitrogens with zero attached hydrogens (tertiary/aromatic N) is 7. The molecule has 1 atom stereocenters. The fourth-order valence-electron chi connectivity index (χ4n) is 8.77. The monoisotopic (exact) mass is 762 g/mol. The normalized spacial score (nSPS) is 17.4. The molecule has 11 nitrogen and oxygen atoms in total. The number of benzene rings is 2. The maximum Gasteiger partial charge on any atom is 0.138 e. The zero-order chi connectivity index (χ0) is 39.0. The van der Waals surface area contributed by atoms with E-state index < -0.39 is 0 Å². The van der Waals surface area contributed by atoms with Gasteiger partial charge in [-0.2, -0.15) is 0 Å². The first-order valence-electron chi connectivity index (χ1n) is 20.8. The zero-order valence-electron chi connectivity index (χ0n) is 33.3. The third-order valence-corrected chi connectivity index (χ3v) is 12.2. The average molecular weight is 763 g/mol. The second-order valence-corrected chi connectivity index (χ2v) is 16.0. The number of fused-ring (bicyclic) bond motifs is 4. The van der Waals surface area contributed by atoms with Gasteiger partial charge in [-0.3, -0.25) is 19.7 Å². The highest BCUT2D eigenvalue weighted by molar-refractivity contribution is 5.83. The molecule has 6 aromatic rings. The van der Waals surface area contributed by atoms with E-state index in [-0.39, 0.29) is 0 Å². The van der Waals surface area contributed by atoms with Crippen molar-refractivity contribution in [3.8, 4) is 0 Å². The lowest BCUT2D eigenvalue weighted by atomic mass is 9.84. The Bertz CT molecular complexity index is 2300. The van der Waals surface area contributed by atoms with Gasteiger partial charge >= 0.3 is 0 Å². The second-order valence-electron chi connectivity index (χ2n) is 16.0. The molecule has 4 aliphatic rings. The first kappa shape index (κ1) is 38.5. The number of ketones is 1. The summed E-state index contributed by atoms with van der Waals surface area (Å²) in [5, 5.41) is 12.4. The molecule has 0 bridgehead atoms. The number of para-hydroxylation sites is 2. The maximum atomic E-state index is 10.8. The molecule has 2 aliphatic carbocycles. The molecule has 57 heavy (non-hydrogen) atoms. The Morgan fingerprint density at radius 2 is 1.23 bits per heavy atom. The molecule has 0 saturated heterocycles. The number of aromatic nitrogens is 6. The number of pyridine rings is 2. The predicted octanol–water partition coefficient (Wildman–Crippen LogP) is 9.58. The Morgan fingerprint density at radius 1 is 0.667 bits per heavy atom. The van der Waals surface area contributed by atoms with E-state index in [2.05, 4.69) is 81.9 Å². The summed E-state index contributed by atoms with van der Waals surface area (Å²) in [6.07, 6.45) is 20.1. The van der Waals surface area contributed by atoms with Crippen molar-refractivity contribution in [1.82, 2.24) is 40.1 Å². The van der Waals surface area contributed by atoms with E-state index >= 15 is 0 Å². The largest absolute Gasteiger partial charge is 0.339 e. The van der Waals surface area contributed by atoms with Crippen LogP contribution >= 0.6 is 0 Å². The smallest absolute Gasteiger partial charge is 0.138 e. The van der Waals surface area contributed by atoms with Gasteiger partial charge in [0.2, 0.25) is 0 Å². The third-order valence-electron chi connectivity index (χ3n) is 12.2. The number of Topliss-reactive ketones (excluding diaryl/α,β-unsaturated/α-hetero) is 1. The molecule has 0 amide bonds. The van der Waals surface area contributed by atoms with Crippen molar-refractivity contribution in [3.05, 3.63) is 108 Å². The van der Waals surface area contributed by atoms with Crippen LogP contribution in [0.3, 0.4) is 0 Å². The minimum absolute atomic E-state index is 0.398. The second kappa shape index (κ2) is 18.3. The summed E-state index contributed by atoms with van der Waals surface area (Å²) in [6, 6.07) is 21.1. The maximum absolute atomic E-state index is 10.8. The number of anilines is 4. The number of hydrogen-bond donors (Lipinski definition) is 3. The summed E-state index contributed by atoms with van der Waals surface area (Å²) in [5.74, 6) is 3.41. The molecule has 4 aromatic heterocycles. The third kappa shape index (κ3) is 9.43. The van der Waals surface area contributed by atoms with Crippen molar-refractivity contribution < 1.29 is 4.79 Å². The van der Waals surface area contributed by atoms with Crippen molar-refractivity contribution in [2.45, 2.75) is 110 Å². The summed E-state index contributed by atoms with van der Waals surface area (Å²) >= 11 is 0. The molecular weight excluding hydrogens is 709 g/mol. The number of nitrogens with one attached hydrogen (secondary N) is 3. The summed E-state index contributed by atoms with van der Waals surface area (Å²) in [4.78, 5) is 40.1. The van der Waals surface area contributed by atoms with E-state index in [0.29, 0.717) is 17.7 Å². The minimum atomic E-state index is 0.398. The molecule has 294 valence electrons. The van der Waals surface area contributed by atoms with Crippen LogP contribution in [0, 0.1) is 11.8 Å². The quantitative estimate of drug-likeness (QED) is 0.144. The van der Waals surface area contributed by atoms with Crippen molar-refractivity contribution in [3.63, 3.8) is 0 Å². The van der Waals surface area contributed by atoms with Crippen LogP contribution in [0.15, 0.2) is 85.7 Å². The van der Waals surface area contributed by atoms with Gasteiger partial charge in [0.25, 0.3) is 0 Å². The molecule has 0 radical (unpaired) electrons. The number of rotatable bonds is 7. The van der Waals surface area contributed by atoms with Gasteiger partial charge in [-0.25, -0.2) is 19.9 Å². The number of hydrogen-bond acceptors (Lipinski definition) is 11. The lowest BCUT2D eigenvalue weighted by molar-refractivity contribution is -0.121. The van der Waals surface area contributed by atoms with Gasteiger partial charge in [-0.05, 0) is 69.7 Å². The molecule has 2 aromatic carbocycles. The zero-order valence-corrected chi connectivity index (χ0v) is 33.3. The summed E-state index contributed by atoms with van der Waals surface area (Å²) in [7, 11) is 0. The lowest BCUT2D eigenvalue weighted by Gasteiger charge is -2.33. The molecule has 0 spiro atoms. The van der Waals surface area contributed by atoms with E-state index in [1.54, 1.807) is 19.6 Å². The fraction of sp³-hybridized carbons (Fsp3) is 0.413. The summed E-state index contributed by atoms with van der Waals surface area (Å²) in [6.45, 7) is 7.59. The molecule has 11 heteroatoms. The SMILES string of the molecule is CC(=O)C1CCCCC1.CC(C1CCCCC1)N1Cc2ncnc(Nc3cnc4ccccc4c3)c2C1.c1ccc2ncc(Nc3ncnc4c3CNC4)cc2c1.